The van der Waals surface area contributed by atoms with Crippen LogP contribution in [0, 0.1) is 5.82 Å². The van der Waals surface area contributed by atoms with Gasteiger partial charge in [0.25, 0.3) is 5.91 Å². The number of hydrogen-bond donors (Lipinski definition) is 0. The lowest BCUT2D eigenvalue weighted by Gasteiger charge is -2.17. The molecule has 0 aliphatic carbocycles. The predicted molar refractivity (Wildman–Crippen MR) is 61.0 cm³/mol. The van der Waals surface area contributed by atoms with Crippen molar-refractivity contribution in [2.75, 3.05) is 13.6 Å². The van der Waals surface area contributed by atoms with Crippen molar-refractivity contribution in [3.8, 4) is 0 Å². The molecule has 0 fully saturated rings. The minimum absolute atomic E-state index is 0.0000321. The van der Waals surface area contributed by atoms with Crippen molar-refractivity contribution in [3.05, 3.63) is 40.9 Å². The van der Waals surface area contributed by atoms with Crippen LogP contribution in [-0.2, 0) is 0 Å². The van der Waals surface area contributed by atoms with Gasteiger partial charge in [0.15, 0.2) is 0 Å². The second-order valence-electron chi connectivity index (χ2n) is 3.61. The van der Waals surface area contributed by atoms with Gasteiger partial charge >= 0.3 is 0 Å². The van der Waals surface area contributed by atoms with E-state index >= 15 is 0 Å². The zero-order valence-electron chi connectivity index (χ0n) is 9.13. The van der Waals surface area contributed by atoms with Crippen LogP contribution >= 0.6 is 11.6 Å². The summed E-state index contributed by atoms with van der Waals surface area (Å²) in [7, 11) is 1.60. The van der Waals surface area contributed by atoms with Crippen LogP contribution in [0.1, 0.15) is 17.3 Å². The van der Waals surface area contributed by atoms with Gasteiger partial charge in [0, 0.05) is 13.6 Å². The Morgan fingerprint density at radius 2 is 2.31 bits per heavy atom. The lowest BCUT2D eigenvalue weighted by molar-refractivity contribution is 0.0806. The van der Waals surface area contributed by atoms with Gasteiger partial charge < -0.3 is 4.90 Å². The highest BCUT2D eigenvalue weighted by molar-refractivity contribution is 6.32. The second-order valence-corrected chi connectivity index (χ2v) is 3.97. The van der Waals surface area contributed by atoms with E-state index < -0.39 is 5.82 Å². The Morgan fingerprint density at radius 1 is 1.69 bits per heavy atom. The Hall–Kier alpha value is -1.42. The number of nitrogens with zero attached hydrogens (tertiary/aromatic N) is 2. The fraction of sp³-hybridized carbons (Fsp3) is 0.273. The lowest BCUT2D eigenvalue weighted by atomic mass is 10.2. The third-order valence-electron chi connectivity index (χ3n) is 1.89. The highest BCUT2D eigenvalue weighted by Gasteiger charge is 2.16. The quantitative estimate of drug-likeness (QED) is 0.603. The summed E-state index contributed by atoms with van der Waals surface area (Å²) >= 11 is 5.72. The third-order valence-corrected chi connectivity index (χ3v) is 2.19. The van der Waals surface area contributed by atoms with Crippen molar-refractivity contribution in [1.29, 1.82) is 0 Å². The molecule has 0 saturated carbocycles. The Balaban J connectivity index is 2.95. The maximum absolute atomic E-state index is 12.9. The van der Waals surface area contributed by atoms with Gasteiger partial charge in [0.2, 0.25) is 0 Å². The minimum Gasteiger partial charge on any atom is -0.338 e. The van der Waals surface area contributed by atoms with E-state index in [0.29, 0.717) is 6.54 Å². The van der Waals surface area contributed by atoms with Crippen molar-refractivity contribution < 1.29 is 9.18 Å². The molecule has 16 heavy (non-hydrogen) atoms. The van der Waals surface area contributed by atoms with Crippen LogP contribution in [0.5, 0.6) is 0 Å². The number of aromatic nitrogens is 1. The molecule has 0 bridgehead atoms. The third kappa shape index (κ3) is 3.03. The molecular formula is C11H12ClFN2O. The first-order valence-electron chi connectivity index (χ1n) is 4.62. The van der Waals surface area contributed by atoms with Crippen molar-refractivity contribution in [3.63, 3.8) is 0 Å². The molecule has 0 aliphatic rings. The highest BCUT2D eigenvalue weighted by atomic mass is 35.5. The van der Waals surface area contributed by atoms with Crippen molar-refractivity contribution in [2.24, 2.45) is 0 Å². The van der Waals surface area contributed by atoms with E-state index in [0.717, 1.165) is 17.8 Å². The van der Waals surface area contributed by atoms with Gasteiger partial charge in [-0.3, -0.25) is 4.79 Å². The average molecular weight is 243 g/mol. The first kappa shape index (κ1) is 12.6. The number of carbonyl (C=O) groups excluding carboxylic acids is 1. The Labute approximate surface area is 98.5 Å². The van der Waals surface area contributed by atoms with Crippen LogP contribution < -0.4 is 0 Å². The van der Waals surface area contributed by atoms with Gasteiger partial charge in [0.1, 0.15) is 11.0 Å². The molecular weight excluding hydrogens is 231 g/mol. The van der Waals surface area contributed by atoms with Gasteiger partial charge in [-0.25, -0.2) is 9.37 Å². The molecule has 86 valence electrons. The summed E-state index contributed by atoms with van der Waals surface area (Å²) in [4.78, 5) is 16.8. The lowest BCUT2D eigenvalue weighted by Crippen LogP contribution is -2.28. The Kier molecular flexibility index (Phi) is 4.01. The summed E-state index contributed by atoms with van der Waals surface area (Å²) in [5.41, 5.74) is 0.891. The van der Waals surface area contributed by atoms with E-state index in [9.17, 15) is 9.18 Å². The van der Waals surface area contributed by atoms with Crippen LogP contribution in [0.25, 0.3) is 0 Å². The maximum atomic E-state index is 12.9. The van der Waals surface area contributed by atoms with E-state index in [-0.39, 0.29) is 16.6 Å². The van der Waals surface area contributed by atoms with Crippen LogP contribution in [0.2, 0.25) is 5.15 Å². The van der Waals surface area contributed by atoms with Gasteiger partial charge in [-0.1, -0.05) is 23.8 Å². The number of likely N-dealkylation sites (N-methyl/N-ethyl adjacent to an activating group) is 1. The number of rotatable bonds is 3. The minimum atomic E-state index is -0.587. The maximum Gasteiger partial charge on any atom is 0.257 e. The van der Waals surface area contributed by atoms with Gasteiger partial charge in [-0.2, -0.15) is 0 Å². The number of amides is 1. The number of hydrogen-bond acceptors (Lipinski definition) is 2. The summed E-state index contributed by atoms with van der Waals surface area (Å²) in [6, 6.07) is 1.08. The van der Waals surface area contributed by atoms with Crippen LogP contribution in [0.4, 0.5) is 4.39 Å². The smallest absolute Gasteiger partial charge is 0.257 e. The van der Waals surface area contributed by atoms with Gasteiger partial charge in [-0.15, -0.1) is 0 Å². The first-order valence-corrected chi connectivity index (χ1v) is 5.00. The van der Waals surface area contributed by atoms with Crippen LogP contribution in [0.3, 0.4) is 0 Å². The molecule has 1 heterocycles. The molecule has 0 radical (unpaired) electrons. The summed E-state index contributed by atoms with van der Waals surface area (Å²) in [5, 5.41) is -0.0000321. The summed E-state index contributed by atoms with van der Waals surface area (Å²) in [6.45, 7) is 5.89. The summed E-state index contributed by atoms with van der Waals surface area (Å²) in [6.07, 6.45) is 0.970. The van der Waals surface area contributed by atoms with Crippen molar-refractivity contribution in [1.82, 2.24) is 9.88 Å². The number of pyridine rings is 1. The van der Waals surface area contributed by atoms with E-state index in [1.807, 2.05) is 0 Å². The molecule has 0 spiro atoms. The van der Waals surface area contributed by atoms with E-state index in [2.05, 4.69) is 11.6 Å². The van der Waals surface area contributed by atoms with Crippen LogP contribution in [-0.4, -0.2) is 29.4 Å². The van der Waals surface area contributed by atoms with Crippen LogP contribution in [0.15, 0.2) is 24.4 Å². The van der Waals surface area contributed by atoms with Crippen molar-refractivity contribution in [2.45, 2.75) is 6.92 Å². The SMILES string of the molecule is C=C(C)CN(C)C(=O)c1cc(F)cnc1Cl. The molecule has 1 aromatic rings. The summed E-state index contributed by atoms with van der Waals surface area (Å²) in [5.74, 6) is -0.962. The fourth-order valence-electron chi connectivity index (χ4n) is 1.25. The van der Waals surface area contributed by atoms with Gasteiger partial charge in [-0.05, 0) is 13.0 Å². The topological polar surface area (TPSA) is 33.2 Å². The van der Waals surface area contributed by atoms with E-state index in [1.165, 1.54) is 4.90 Å². The molecule has 1 amide bonds. The fourth-order valence-corrected chi connectivity index (χ4v) is 1.44. The Bertz CT molecular complexity index is 434. The molecule has 0 atom stereocenters. The molecule has 5 heteroatoms. The summed E-state index contributed by atoms with van der Waals surface area (Å²) < 4.78 is 12.9. The molecule has 0 saturated heterocycles. The van der Waals surface area contributed by atoms with E-state index in [1.54, 1.807) is 14.0 Å². The molecule has 1 aromatic heterocycles. The molecule has 0 N–H and O–H groups in total. The number of halogens is 2. The average Bonchev–Trinajstić information content (AvgIpc) is 2.19. The van der Waals surface area contributed by atoms with Gasteiger partial charge in [0.05, 0.1) is 11.8 Å². The zero-order valence-corrected chi connectivity index (χ0v) is 9.88. The monoisotopic (exact) mass is 242 g/mol. The molecule has 0 unspecified atom stereocenters. The molecule has 1 rings (SSSR count). The molecule has 3 nitrogen and oxygen atoms in total. The first-order chi connectivity index (χ1) is 7.41. The predicted octanol–water partition coefficient (Wildman–Crippen LogP) is 2.52. The Morgan fingerprint density at radius 3 is 2.88 bits per heavy atom. The normalized spacial score (nSPS) is 10.0. The molecule has 0 aromatic carbocycles. The van der Waals surface area contributed by atoms with E-state index in [4.69, 9.17) is 11.6 Å². The standard InChI is InChI=1S/C11H12ClFN2O/c1-7(2)6-15(3)11(16)9-4-8(13)5-14-10(9)12/h4-5H,1,6H2,2-3H3. The second kappa shape index (κ2) is 5.07. The zero-order chi connectivity index (χ0) is 12.3. The molecule has 0 aliphatic heterocycles. The highest BCUT2D eigenvalue weighted by Crippen LogP contribution is 2.15. The number of carbonyl (C=O) groups is 1. The largest absolute Gasteiger partial charge is 0.338 e. The van der Waals surface area contributed by atoms with Crippen molar-refractivity contribution >= 4 is 17.5 Å².